The van der Waals surface area contributed by atoms with E-state index in [1.165, 1.54) is 0 Å². The van der Waals surface area contributed by atoms with E-state index in [4.69, 9.17) is 0 Å². The third-order valence-corrected chi connectivity index (χ3v) is 5.39. The average molecular weight is 306 g/mol. The zero-order valence-electron chi connectivity index (χ0n) is 13.7. The van der Waals surface area contributed by atoms with E-state index in [1.807, 2.05) is 19.1 Å². The van der Waals surface area contributed by atoms with E-state index < -0.39 is 0 Å². The van der Waals surface area contributed by atoms with Gasteiger partial charge in [-0.2, -0.15) is 0 Å². The van der Waals surface area contributed by atoms with E-state index in [-0.39, 0.29) is 17.3 Å². The fraction of sp³-hybridized carbons (Fsp3) is 0.667. The highest BCUT2D eigenvalue weighted by molar-refractivity contribution is 5.24. The Labute approximate surface area is 132 Å². The number of aryl methyl sites for hydroxylation is 1. The van der Waals surface area contributed by atoms with Crippen molar-refractivity contribution in [3.63, 3.8) is 0 Å². The number of hydrogen-bond donors (Lipinski definition) is 1. The van der Waals surface area contributed by atoms with Gasteiger partial charge in [0.15, 0.2) is 0 Å². The number of likely N-dealkylation sites (tertiary alicyclic amines) is 2. The van der Waals surface area contributed by atoms with Gasteiger partial charge in [-0.05, 0) is 57.0 Å². The maximum absolute atomic E-state index is 13.4. The molecular weight excluding hydrogens is 279 g/mol. The summed E-state index contributed by atoms with van der Waals surface area (Å²) < 4.78 is 13.4. The molecule has 1 spiro atoms. The van der Waals surface area contributed by atoms with Crippen LogP contribution in [-0.2, 0) is 6.54 Å². The van der Waals surface area contributed by atoms with Crippen molar-refractivity contribution in [3.05, 3.63) is 35.1 Å². The van der Waals surface area contributed by atoms with Crippen molar-refractivity contribution < 1.29 is 9.50 Å². The van der Waals surface area contributed by atoms with Gasteiger partial charge in [0.1, 0.15) is 5.82 Å². The number of rotatable bonds is 2. The molecule has 2 aliphatic rings. The van der Waals surface area contributed by atoms with Crippen molar-refractivity contribution >= 4 is 0 Å². The van der Waals surface area contributed by atoms with Crippen LogP contribution in [0.15, 0.2) is 18.2 Å². The summed E-state index contributed by atoms with van der Waals surface area (Å²) >= 11 is 0. The summed E-state index contributed by atoms with van der Waals surface area (Å²) in [7, 11) is 2.15. The maximum Gasteiger partial charge on any atom is 0.126 e. The van der Waals surface area contributed by atoms with Crippen LogP contribution < -0.4 is 0 Å². The minimum atomic E-state index is -0.193. The van der Waals surface area contributed by atoms with Crippen LogP contribution in [0, 0.1) is 18.2 Å². The lowest BCUT2D eigenvalue weighted by atomic mass is 9.71. The van der Waals surface area contributed by atoms with Gasteiger partial charge in [-0.15, -0.1) is 0 Å². The van der Waals surface area contributed by atoms with Crippen molar-refractivity contribution in [2.75, 3.05) is 33.2 Å². The predicted molar refractivity (Wildman–Crippen MR) is 86.2 cm³/mol. The summed E-state index contributed by atoms with van der Waals surface area (Å²) in [6.45, 7) is 6.63. The van der Waals surface area contributed by atoms with Crippen LogP contribution in [0.3, 0.4) is 0 Å². The number of aliphatic hydroxyl groups excluding tert-OH is 1. The molecule has 22 heavy (non-hydrogen) atoms. The van der Waals surface area contributed by atoms with Gasteiger partial charge in [-0.1, -0.05) is 12.1 Å². The predicted octanol–water partition coefficient (Wildman–Crippen LogP) is 2.41. The van der Waals surface area contributed by atoms with Gasteiger partial charge < -0.3 is 10.0 Å². The quantitative estimate of drug-likeness (QED) is 0.909. The van der Waals surface area contributed by atoms with Crippen molar-refractivity contribution in [1.82, 2.24) is 9.80 Å². The Balaban J connectivity index is 1.71. The Kier molecular flexibility index (Phi) is 4.53. The summed E-state index contributed by atoms with van der Waals surface area (Å²) in [5.41, 5.74) is 1.89. The van der Waals surface area contributed by atoms with Crippen LogP contribution in [0.4, 0.5) is 4.39 Å². The van der Waals surface area contributed by atoms with Gasteiger partial charge in [0, 0.05) is 31.6 Å². The summed E-state index contributed by atoms with van der Waals surface area (Å²) in [6, 6.07) is 5.39. The first-order valence-electron chi connectivity index (χ1n) is 8.32. The van der Waals surface area contributed by atoms with Crippen molar-refractivity contribution in [3.8, 4) is 0 Å². The Morgan fingerprint density at radius 3 is 2.91 bits per heavy atom. The lowest BCUT2D eigenvalue weighted by molar-refractivity contribution is -0.0807. The van der Waals surface area contributed by atoms with Crippen molar-refractivity contribution in [2.45, 2.75) is 38.8 Å². The normalized spacial score (nSPS) is 30.8. The maximum atomic E-state index is 13.4. The smallest absolute Gasteiger partial charge is 0.126 e. The van der Waals surface area contributed by atoms with E-state index in [9.17, 15) is 9.50 Å². The first kappa shape index (κ1) is 15.9. The molecule has 2 aliphatic heterocycles. The number of nitrogens with zero attached hydrogens (tertiary/aromatic N) is 2. The fourth-order valence-electron chi connectivity index (χ4n) is 4.23. The van der Waals surface area contributed by atoms with Gasteiger partial charge >= 0.3 is 0 Å². The minimum Gasteiger partial charge on any atom is -0.392 e. The summed E-state index contributed by atoms with van der Waals surface area (Å²) in [4.78, 5) is 4.77. The van der Waals surface area contributed by atoms with E-state index in [0.29, 0.717) is 5.56 Å². The second-order valence-electron chi connectivity index (χ2n) is 7.30. The molecule has 2 atom stereocenters. The highest BCUT2D eigenvalue weighted by atomic mass is 19.1. The lowest BCUT2D eigenvalue weighted by Crippen LogP contribution is -2.58. The summed E-state index contributed by atoms with van der Waals surface area (Å²) in [5.74, 6) is -0.136. The molecular formula is C18H27FN2O. The third-order valence-electron chi connectivity index (χ3n) is 5.39. The minimum absolute atomic E-state index is 0.0142. The molecule has 4 heteroatoms. The van der Waals surface area contributed by atoms with Gasteiger partial charge in [-0.25, -0.2) is 4.39 Å². The molecule has 2 heterocycles. The Morgan fingerprint density at radius 2 is 2.14 bits per heavy atom. The molecule has 1 N–H and O–H groups in total. The van der Waals surface area contributed by atoms with Crippen LogP contribution in [0.25, 0.3) is 0 Å². The number of halogens is 1. The SMILES string of the molecule is Cc1cc(CN2CCC[C@]3(CN(C)CC[C@@H]3O)C2)ccc1F. The Hall–Kier alpha value is -0.970. The van der Waals surface area contributed by atoms with Crippen LogP contribution >= 0.6 is 0 Å². The van der Waals surface area contributed by atoms with Crippen LogP contribution in [0.5, 0.6) is 0 Å². The van der Waals surface area contributed by atoms with Crippen molar-refractivity contribution in [2.24, 2.45) is 5.41 Å². The molecule has 122 valence electrons. The molecule has 3 nitrogen and oxygen atoms in total. The molecule has 0 unspecified atom stereocenters. The molecule has 0 saturated carbocycles. The van der Waals surface area contributed by atoms with Crippen molar-refractivity contribution in [1.29, 1.82) is 0 Å². The molecule has 0 aliphatic carbocycles. The average Bonchev–Trinajstić information content (AvgIpc) is 2.48. The molecule has 2 fully saturated rings. The summed E-state index contributed by atoms with van der Waals surface area (Å²) in [5, 5.41) is 10.6. The van der Waals surface area contributed by atoms with E-state index in [0.717, 1.165) is 57.5 Å². The Morgan fingerprint density at radius 1 is 1.32 bits per heavy atom. The molecule has 3 rings (SSSR count). The van der Waals surface area contributed by atoms with E-state index in [1.54, 1.807) is 6.07 Å². The molecule has 2 saturated heterocycles. The van der Waals surface area contributed by atoms with Crippen LogP contribution in [0.1, 0.15) is 30.4 Å². The zero-order valence-corrected chi connectivity index (χ0v) is 13.7. The van der Waals surface area contributed by atoms with Gasteiger partial charge in [0.2, 0.25) is 0 Å². The molecule has 0 bridgehead atoms. The highest BCUT2D eigenvalue weighted by Gasteiger charge is 2.44. The van der Waals surface area contributed by atoms with Gasteiger partial charge in [0.05, 0.1) is 6.10 Å². The molecule has 0 aromatic heterocycles. The summed E-state index contributed by atoms with van der Waals surface area (Å²) in [6.07, 6.45) is 2.92. The zero-order chi connectivity index (χ0) is 15.7. The van der Waals surface area contributed by atoms with E-state index in [2.05, 4.69) is 16.8 Å². The van der Waals surface area contributed by atoms with E-state index >= 15 is 0 Å². The first-order chi connectivity index (χ1) is 10.5. The number of piperidine rings is 2. The highest BCUT2D eigenvalue weighted by Crippen LogP contribution is 2.38. The second kappa shape index (κ2) is 6.26. The third kappa shape index (κ3) is 3.19. The number of hydrogen-bond acceptors (Lipinski definition) is 3. The standard InChI is InChI=1S/C18H27FN2O/c1-14-10-15(4-5-16(14)19)11-21-8-3-7-18(13-21)12-20(2)9-6-17(18)22/h4-5,10,17,22H,3,6-9,11-13H2,1-2H3/t17-,18-/m0/s1. The Bertz CT molecular complexity index is 536. The largest absolute Gasteiger partial charge is 0.392 e. The molecule has 1 aromatic carbocycles. The molecule has 0 radical (unpaired) electrons. The van der Waals surface area contributed by atoms with Gasteiger partial charge in [-0.3, -0.25) is 4.90 Å². The topological polar surface area (TPSA) is 26.7 Å². The fourth-order valence-corrected chi connectivity index (χ4v) is 4.23. The second-order valence-corrected chi connectivity index (χ2v) is 7.30. The van der Waals surface area contributed by atoms with Crippen LogP contribution in [0.2, 0.25) is 0 Å². The first-order valence-corrected chi connectivity index (χ1v) is 8.32. The molecule has 0 amide bonds. The molecule has 1 aromatic rings. The number of benzene rings is 1. The van der Waals surface area contributed by atoms with Crippen LogP contribution in [-0.4, -0.2) is 54.2 Å². The monoisotopic (exact) mass is 306 g/mol. The lowest BCUT2D eigenvalue weighted by Gasteiger charge is -2.50. The van der Waals surface area contributed by atoms with Gasteiger partial charge in [0.25, 0.3) is 0 Å². The number of aliphatic hydroxyl groups is 1.